The van der Waals surface area contributed by atoms with Crippen LogP contribution in [0.1, 0.15) is 30.8 Å². The maximum absolute atomic E-state index is 13.3. The number of aromatic nitrogens is 2. The van der Waals surface area contributed by atoms with Gasteiger partial charge in [-0.05, 0) is 80.7 Å². The Labute approximate surface area is 244 Å². The number of rotatable bonds is 8. The molecule has 0 aliphatic carbocycles. The molecule has 1 aliphatic heterocycles. The Morgan fingerprint density at radius 2 is 1.84 bits per heavy atom. The van der Waals surface area contributed by atoms with Gasteiger partial charge in [0.25, 0.3) is 5.56 Å². The first kappa shape index (κ1) is 26.7. The number of fused-ring (bicyclic) bond motifs is 2. The van der Waals surface area contributed by atoms with Crippen molar-refractivity contribution in [1.82, 2.24) is 9.66 Å². The van der Waals surface area contributed by atoms with E-state index in [4.69, 9.17) is 18.9 Å². The van der Waals surface area contributed by atoms with Gasteiger partial charge in [0.05, 0.1) is 28.2 Å². The molecule has 8 nitrogen and oxygen atoms in total. The number of ether oxygens (including phenoxy) is 4. The van der Waals surface area contributed by atoms with Crippen LogP contribution in [0.15, 0.2) is 65.8 Å². The average molecular weight is 708 g/mol. The molecule has 11 heteroatoms. The SMILES string of the molecule is CCOc1cc(C=Nn2c(CC)nc3ccc(Br)cc3c2=O)c(Br)c(Br)c1OCc1ccc2c(c1)OCO2. The van der Waals surface area contributed by atoms with Crippen LogP contribution in [0.5, 0.6) is 23.0 Å². The quantitative estimate of drug-likeness (QED) is 0.187. The zero-order valence-corrected chi connectivity index (χ0v) is 25.2. The van der Waals surface area contributed by atoms with E-state index in [1.165, 1.54) is 4.68 Å². The van der Waals surface area contributed by atoms with Crippen LogP contribution in [0.2, 0.25) is 0 Å². The van der Waals surface area contributed by atoms with Crippen molar-refractivity contribution in [3.8, 4) is 23.0 Å². The lowest BCUT2D eigenvalue weighted by Gasteiger charge is -2.16. The van der Waals surface area contributed by atoms with Gasteiger partial charge in [-0.2, -0.15) is 9.78 Å². The van der Waals surface area contributed by atoms with E-state index in [-0.39, 0.29) is 12.4 Å². The van der Waals surface area contributed by atoms with Gasteiger partial charge in [-0.25, -0.2) is 4.98 Å². The lowest BCUT2D eigenvalue weighted by atomic mass is 10.2. The minimum atomic E-state index is -0.242. The Bertz CT molecular complexity index is 1620. The first-order valence-corrected chi connectivity index (χ1v) is 14.2. The molecule has 5 rings (SSSR count). The molecular formula is C27H22Br3N3O5. The highest BCUT2D eigenvalue weighted by Gasteiger charge is 2.19. The fourth-order valence-corrected chi connectivity index (χ4v) is 5.24. The minimum absolute atomic E-state index is 0.217. The van der Waals surface area contributed by atoms with Crippen LogP contribution in [-0.4, -0.2) is 29.3 Å². The van der Waals surface area contributed by atoms with Crippen LogP contribution in [0.4, 0.5) is 0 Å². The van der Waals surface area contributed by atoms with E-state index in [1.807, 2.05) is 50.2 Å². The van der Waals surface area contributed by atoms with E-state index >= 15 is 0 Å². The van der Waals surface area contributed by atoms with E-state index in [9.17, 15) is 4.79 Å². The molecule has 0 radical (unpaired) electrons. The van der Waals surface area contributed by atoms with Gasteiger partial charge in [0.2, 0.25) is 6.79 Å². The summed E-state index contributed by atoms with van der Waals surface area (Å²) >= 11 is 10.7. The molecule has 1 aromatic heterocycles. The molecule has 0 fully saturated rings. The van der Waals surface area contributed by atoms with Crippen molar-refractivity contribution in [3.63, 3.8) is 0 Å². The Hall–Kier alpha value is -2.89. The summed E-state index contributed by atoms with van der Waals surface area (Å²) < 4.78 is 26.4. The van der Waals surface area contributed by atoms with Gasteiger partial charge in [0.1, 0.15) is 12.4 Å². The molecule has 0 atom stereocenters. The largest absolute Gasteiger partial charge is 0.490 e. The second-order valence-corrected chi connectivity index (χ2v) is 10.7. The van der Waals surface area contributed by atoms with E-state index in [1.54, 1.807) is 12.3 Å². The normalized spacial score (nSPS) is 12.4. The van der Waals surface area contributed by atoms with Crippen LogP contribution >= 0.6 is 47.8 Å². The van der Waals surface area contributed by atoms with Gasteiger partial charge in [-0.1, -0.05) is 28.9 Å². The van der Waals surface area contributed by atoms with Gasteiger partial charge in [-0.3, -0.25) is 4.79 Å². The van der Waals surface area contributed by atoms with Crippen LogP contribution in [0, 0.1) is 0 Å². The van der Waals surface area contributed by atoms with Crippen molar-refractivity contribution >= 4 is 64.9 Å². The van der Waals surface area contributed by atoms with Gasteiger partial charge in [0, 0.05) is 20.9 Å². The molecule has 0 saturated heterocycles. The molecule has 0 bridgehead atoms. The summed E-state index contributed by atoms with van der Waals surface area (Å²) in [6.45, 7) is 4.78. The molecule has 38 heavy (non-hydrogen) atoms. The molecule has 3 aromatic carbocycles. The summed E-state index contributed by atoms with van der Waals surface area (Å²) in [6.07, 6.45) is 2.14. The van der Waals surface area contributed by atoms with Gasteiger partial charge >= 0.3 is 0 Å². The summed E-state index contributed by atoms with van der Waals surface area (Å²) in [5.41, 5.74) is 2.01. The lowest BCUT2D eigenvalue weighted by Crippen LogP contribution is -2.22. The van der Waals surface area contributed by atoms with Crippen molar-refractivity contribution in [2.24, 2.45) is 5.10 Å². The van der Waals surface area contributed by atoms with Crippen LogP contribution < -0.4 is 24.5 Å². The summed E-state index contributed by atoms with van der Waals surface area (Å²) in [5.74, 6) is 3.05. The van der Waals surface area contributed by atoms with Crippen molar-refractivity contribution in [3.05, 3.63) is 83.2 Å². The molecule has 196 valence electrons. The van der Waals surface area contributed by atoms with E-state index < -0.39 is 0 Å². The van der Waals surface area contributed by atoms with E-state index in [0.717, 1.165) is 15.8 Å². The van der Waals surface area contributed by atoms with Crippen molar-refractivity contribution in [1.29, 1.82) is 0 Å². The first-order valence-electron chi connectivity index (χ1n) is 11.8. The summed E-state index contributed by atoms with van der Waals surface area (Å²) in [6, 6.07) is 12.9. The van der Waals surface area contributed by atoms with Gasteiger partial charge in [0.15, 0.2) is 23.0 Å². The molecule has 0 N–H and O–H groups in total. The third-order valence-electron chi connectivity index (χ3n) is 5.78. The standard InChI is InChI=1S/C27H22Br3N3O5/c1-3-23-32-19-7-6-17(28)11-18(19)27(34)33(23)31-12-16-10-22(35-4-2)26(25(30)24(16)29)36-13-15-5-8-20-21(9-15)38-14-37-20/h5-12H,3-4,13-14H2,1-2H3. The Balaban J connectivity index is 1.48. The van der Waals surface area contributed by atoms with Crippen molar-refractivity contribution in [2.45, 2.75) is 26.9 Å². The summed E-state index contributed by atoms with van der Waals surface area (Å²) in [4.78, 5) is 17.9. The fourth-order valence-electron chi connectivity index (χ4n) is 3.94. The monoisotopic (exact) mass is 705 g/mol. The minimum Gasteiger partial charge on any atom is -0.490 e. The maximum Gasteiger partial charge on any atom is 0.282 e. The zero-order valence-electron chi connectivity index (χ0n) is 20.5. The number of nitrogens with zero attached hydrogens (tertiary/aromatic N) is 3. The molecular weight excluding hydrogens is 686 g/mol. The predicted molar refractivity (Wildman–Crippen MR) is 156 cm³/mol. The van der Waals surface area contributed by atoms with Crippen LogP contribution in [0.25, 0.3) is 10.9 Å². The second-order valence-electron chi connectivity index (χ2n) is 8.23. The smallest absolute Gasteiger partial charge is 0.282 e. The van der Waals surface area contributed by atoms with Crippen molar-refractivity contribution in [2.75, 3.05) is 13.4 Å². The molecule has 0 amide bonds. The average Bonchev–Trinajstić information content (AvgIpc) is 3.39. The summed E-state index contributed by atoms with van der Waals surface area (Å²) in [7, 11) is 0. The number of aryl methyl sites for hydroxylation is 1. The van der Waals surface area contributed by atoms with Crippen LogP contribution in [0.3, 0.4) is 0 Å². The molecule has 2 heterocycles. The Morgan fingerprint density at radius 3 is 2.63 bits per heavy atom. The third kappa shape index (κ3) is 5.32. The number of hydrogen-bond acceptors (Lipinski definition) is 7. The highest BCUT2D eigenvalue weighted by molar-refractivity contribution is 9.13. The van der Waals surface area contributed by atoms with E-state index in [2.05, 4.69) is 57.9 Å². The molecule has 1 aliphatic rings. The first-order chi connectivity index (χ1) is 18.4. The predicted octanol–water partition coefficient (Wildman–Crippen LogP) is 6.84. The number of benzene rings is 3. The van der Waals surface area contributed by atoms with E-state index in [0.29, 0.717) is 68.1 Å². The lowest BCUT2D eigenvalue weighted by molar-refractivity contribution is 0.174. The number of halogens is 3. The highest BCUT2D eigenvalue weighted by Crippen LogP contribution is 2.43. The third-order valence-corrected chi connectivity index (χ3v) is 8.42. The Kier molecular flexibility index (Phi) is 8.06. The number of hydrogen-bond donors (Lipinski definition) is 0. The van der Waals surface area contributed by atoms with Crippen LogP contribution in [-0.2, 0) is 13.0 Å². The second kappa shape index (κ2) is 11.5. The molecule has 0 unspecified atom stereocenters. The highest BCUT2D eigenvalue weighted by atomic mass is 79.9. The summed E-state index contributed by atoms with van der Waals surface area (Å²) in [5, 5.41) is 5.00. The molecule has 4 aromatic rings. The topological polar surface area (TPSA) is 84.2 Å². The molecule has 0 spiro atoms. The van der Waals surface area contributed by atoms with Crippen molar-refractivity contribution < 1.29 is 18.9 Å². The molecule has 0 saturated carbocycles. The maximum atomic E-state index is 13.3. The Morgan fingerprint density at radius 1 is 1.03 bits per heavy atom. The van der Waals surface area contributed by atoms with Gasteiger partial charge in [-0.15, -0.1) is 0 Å². The van der Waals surface area contributed by atoms with Gasteiger partial charge < -0.3 is 18.9 Å². The fraction of sp³-hybridized carbons (Fsp3) is 0.222. The zero-order chi connectivity index (χ0) is 26.8.